The summed E-state index contributed by atoms with van der Waals surface area (Å²) in [6.45, 7) is 10.6. The number of unbranched alkanes of at least 4 members (excludes halogenated alkanes) is 3. The first-order valence-electron chi connectivity index (χ1n) is 8.84. The third-order valence-corrected chi connectivity index (χ3v) is 3.77. The van der Waals surface area contributed by atoms with Crippen LogP contribution in [0.3, 0.4) is 0 Å². The Hall–Kier alpha value is -0.120. The van der Waals surface area contributed by atoms with Crippen molar-refractivity contribution in [2.45, 2.75) is 105 Å². The molecule has 0 bridgehead atoms. The summed E-state index contributed by atoms with van der Waals surface area (Å²) in [7, 11) is 1.00. The SMILES string of the molecule is CCCCC(O)C(C)CC.CCCCCC(O)CC.CO. The Bertz CT molecular complexity index is 163. The second-order valence-electron chi connectivity index (χ2n) is 5.65. The van der Waals surface area contributed by atoms with E-state index in [4.69, 9.17) is 10.2 Å². The molecule has 0 fully saturated rings. The average Bonchev–Trinajstić information content (AvgIpc) is 2.54. The summed E-state index contributed by atoms with van der Waals surface area (Å²) >= 11 is 0. The van der Waals surface area contributed by atoms with Gasteiger partial charge in [0.2, 0.25) is 0 Å². The van der Waals surface area contributed by atoms with Gasteiger partial charge >= 0.3 is 0 Å². The van der Waals surface area contributed by atoms with Gasteiger partial charge in [-0.25, -0.2) is 0 Å². The van der Waals surface area contributed by atoms with Gasteiger partial charge in [-0.3, -0.25) is 0 Å². The number of hydrogen-bond acceptors (Lipinski definition) is 3. The van der Waals surface area contributed by atoms with Gasteiger partial charge in [-0.05, 0) is 25.2 Å². The molecule has 0 saturated heterocycles. The van der Waals surface area contributed by atoms with Gasteiger partial charge in [0, 0.05) is 7.11 Å². The quantitative estimate of drug-likeness (QED) is 0.520. The molecule has 0 amide bonds. The molecule has 21 heavy (non-hydrogen) atoms. The van der Waals surface area contributed by atoms with Crippen LogP contribution in [0.1, 0.15) is 92.4 Å². The molecule has 0 saturated carbocycles. The Labute approximate surface area is 133 Å². The van der Waals surface area contributed by atoms with Crippen LogP contribution in [0.25, 0.3) is 0 Å². The molecule has 0 spiro atoms. The van der Waals surface area contributed by atoms with Crippen LogP contribution >= 0.6 is 0 Å². The van der Waals surface area contributed by atoms with E-state index in [0.717, 1.165) is 39.2 Å². The van der Waals surface area contributed by atoms with E-state index in [2.05, 4.69) is 27.7 Å². The van der Waals surface area contributed by atoms with Crippen molar-refractivity contribution in [3.05, 3.63) is 0 Å². The second-order valence-corrected chi connectivity index (χ2v) is 5.65. The lowest BCUT2D eigenvalue weighted by Crippen LogP contribution is -2.16. The van der Waals surface area contributed by atoms with Crippen molar-refractivity contribution in [3.63, 3.8) is 0 Å². The minimum atomic E-state index is -0.0649. The molecule has 3 heteroatoms. The zero-order valence-corrected chi connectivity index (χ0v) is 15.4. The Morgan fingerprint density at radius 1 is 0.714 bits per heavy atom. The third kappa shape index (κ3) is 22.3. The van der Waals surface area contributed by atoms with Gasteiger partial charge in [-0.1, -0.05) is 73.1 Å². The molecule has 0 aromatic carbocycles. The Morgan fingerprint density at radius 3 is 1.62 bits per heavy atom. The molecule has 0 rings (SSSR count). The highest BCUT2D eigenvalue weighted by molar-refractivity contribution is 4.61. The monoisotopic (exact) mass is 306 g/mol. The summed E-state index contributed by atoms with van der Waals surface area (Å²) < 4.78 is 0. The zero-order chi connectivity index (χ0) is 17.1. The van der Waals surface area contributed by atoms with Crippen molar-refractivity contribution in [1.29, 1.82) is 0 Å². The fraction of sp³-hybridized carbons (Fsp3) is 1.00. The molecule has 0 aliphatic carbocycles. The van der Waals surface area contributed by atoms with Gasteiger partial charge < -0.3 is 15.3 Å². The minimum Gasteiger partial charge on any atom is -0.400 e. The van der Waals surface area contributed by atoms with Crippen molar-refractivity contribution >= 4 is 0 Å². The molecule has 3 atom stereocenters. The van der Waals surface area contributed by atoms with Crippen LogP contribution in [0.4, 0.5) is 0 Å². The largest absolute Gasteiger partial charge is 0.400 e. The van der Waals surface area contributed by atoms with Gasteiger partial charge in [0.1, 0.15) is 0 Å². The first kappa shape index (κ1) is 25.8. The average molecular weight is 307 g/mol. The van der Waals surface area contributed by atoms with E-state index >= 15 is 0 Å². The highest BCUT2D eigenvalue weighted by atomic mass is 16.3. The molecule has 0 radical (unpaired) electrons. The van der Waals surface area contributed by atoms with Gasteiger partial charge in [0.05, 0.1) is 12.2 Å². The van der Waals surface area contributed by atoms with Crippen LogP contribution in [0.5, 0.6) is 0 Å². The number of hydrogen-bond donors (Lipinski definition) is 3. The molecular formula is C18H42O3. The van der Waals surface area contributed by atoms with Gasteiger partial charge in [0.25, 0.3) is 0 Å². The minimum absolute atomic E-state index is 0.0449. The molecule has 132 valence electrons. The third-order valence-electron chi connectivity index (χ3n) is 3.77. The summed E-state index contributed by atoms with van der Waals surface area (Å²) in [6, 6.07) is 0. The van der Waals surface area contributed by atoms with Crippen molar-refractivity contribution in [1.82, 2.24) is 0 Å². The van der Waals surface area contributed by atoms with Crippen LogP contribution in [0.15, 0.2) is 0 Å². The predicted octanol–water partition coefficient (Wildman–Crippen LogP) is 4.53. The maximum Gasteiger partial charge on any atom is 0.0565 e. The lowest BCUT2D eigenvalue weighted by Gasteiger charge is -2.15. The normalized spacial score (nSPS) is 14.1. The second kappa shape index (κ2) is 22.2. The molecule has 3 nitrogen and oxygen atoms in total. The Balaban J connectivity index is -0.000000277. The fourth-order valence-electron chi connectivity index (χ4n) is 1.80. The summed E-state index contributed by atoms with van der Waals surface area (Å²) in [5.41, 5.74) is 0. The molecule has 0 heterocycles. The van der Waals surface area contributed by atoms with E-state index in [1.807, 2.05) is 6.92 Å². The first-order valence-corrected chi connectivity index (χ1v) is 8.84. The van der Waals surface area contributed by atoms with Crippen LogP contribution < -0.4 is 0 Å². The molecule has 0 aliphatic heterocycles. The van der Waals surface area contributed by atoms with E-state index in [1.165, 1.54) is 25.7 Å². The molecular weight excluding hydrogens is 264 g/mol. The van der Waals surface area contributed by atoms with E-state index in [1.54, 1.807) is 0 Å². The van der Waals surface area contributed by atoms with E-state index in [9.17, 15) is 5.11 Å². The van der Waals surface area contributed by atoms with Crippen LogP contribution in [-0.2, 0) is 0 Å². The van der Waals surface area contributed by atoms with Crippen molar-refractivity contribution in [2.24, 2.45) is 5.92 Å². The maximum atomic E-state index is 9.45. The van der Waals surface area contributed by atoms with Crippen LogP contribution in [0.2, 0.25) is 0 Å². The summed E-state index contributed by atoms with van der Waals surface area (Å²) in [5.74, 6) is 0.478. The fourth-order valence-corrected chi connectivity index (χ4v) is 1.80. The summed E-state index contributed by atoms with van der Waals surface area (Å²) in [4.78, 5) is 0. The molecule has 3 unspecified atom stereocenters. The van der Waals surface area contributed by atoms with Crippen molar-refractivity contribution < 1.29 is 15.3 Å². The maximum absolute atomic E-state index is 9.45. The Morgan fingerprint density at radius 2 is 1.24 bits per heavy atom. The van der Waals surface area contributed by atoms with E-state index in [-0.39, 0.29) is 12.2 Å². The van der Waals surface area contributed by atoms with Crippen molar-refractivity contribution in [2.75, 3.05) is 7.11 Å². The highest BCUT2D eigenvalue weighted by Crippen LogP contribution is 2.12. The lowest BCUT2D eigenvalue weighted by atomic mass is 9.98. The van der Waals surface area contributed by atoms with Gasteiger partial charge in [-0.15, -0.1) is 0 Å². The van der Waals surface area contributed by atoms with Gasteiger partial charge in [-0.2, -0.15) is 0 Å². The topological polar surface area (TPSA) is 60.7 Å². The van der Waals surface area contributed by atoms with Crippen LogP contribution in [0, 0.1) is 5.92 Å². The molecule has 0 aromatic rings. The smallest absolute Gasteiger partial charge is 0.0565 e. The van der Waals surface area contributed by atoms with E-state index in [0.29, 0.717) is 5.92 Å². The molecule has 0 aromatic heterocycles. The number of aliphatic hydroxyl groups is 3. The van der Waals surface area contributed by atoms with Gasteiger partial charge in [0.15, 0.2) is 0 Å². The van der Waals surface area contributed by atoms with Crippen LogP contribution in [-0.4, -0.2) is 34.6 Å². The molecule has 0 aliphatic rings. The predicted molar refractivity (Wildman–Crippen MR) is 93.6 cm³/mol. The molecule has 3 N–H and O–H groups in total. The lowest BCUT2D eigenvalue weighted by molar-refractivity contribution is 0.103. The summed E-state index contributed by atoms with van der Waals surface area (Å²) in [6.07, 6.45) is 9.89. The zero-order valence-electron chi connectivity index (χ0n) is 15.4. The number of rotatable bonds is 10. The van der Waals surface area contributed by atoms with E-state index < -0.39 is 0 Å². The summed E-state index contributed by atoms with van der Waals surface area (Å²) in [5, 5.41) is 25.5. The standard InChI is InChI=1S/C9H20O.C8H18O.CH4O/c1-4-6-7-9(10)8(3)5-2;1-3-5-6-7-8(9)4-2;1-2/h8-10H,4-7H2,1-3H3;8-9H,3-7H2,1-2H3;2H,1H3. The number of aliphatic hydroxyl groups excluding tert-OH is 3. The Kier molecular flexibility index (Phi) is 27.2. The highest BCUT2D eigenvalue weighted by Gasteiger charge is 2.10. The van der Waals surface area contributed by atoms with Crippen molar-refractivity contribution in [3.8, 4) is 0 Å². The first-order chi connectivity index (χ1) is 10.0.